The van der Waals surface area contributed by atoms with Crippen LogP contribution in [0.4, 0.5) is 5.69 Å². The number of benzene rings is 2. The van der Waals surface area contributed by atoms with Crippen molar-refractivity contribution in [2.45, 2.75) is 18.7 Å². The molecule has 150 valence electrons. The number of anilines is 1. The Hall–Kier alpha value is -2.91. The van der Waals surface area contributed by atoms with Crippen molar-refractivity contribution in [1.82, 2.24) is 15.2 Å². The van der Waals surface area contributed by atoms with Crippen molar-refractivity contribution in [3.8, 4) is 0 Å². The molecule has 0 unspecified atom stereocenters. The van der Waals surface area contributed by atoms with Crippen molar-refractivity contribution in [3.05, 3.63) is 59.2 Å². The zero-order valence-corrected chi connectivity index (χ0v) is 17.1. The highest BCUT2D eigenvalue weighted by Crippen LogP contribution is 2.16. The van der Waals surface area contributed by atoms with Crippen LogP contribution in [-0.2, 0) is 14.8 Å². The van der Waals surface area contributed by atoms with E-state index in [1.165, 1.54) is 38.4 Å². The molecule has 0 aromatic heterocycles. The Bertz CT molecular complexity index is 987. The van der Waals surface area contributed by atoms with E-state index >= 15 is 0 Å². The molecule has 0 atom stereocenters. The van der Waals surface area contributed by atoms with Crippen LogP contribution in [0.5, 0.6) is 0 Å². The Morgan fingerprint density at radius 1 is 1.00 bits per heavy atom. The SMILES string of the molecule is Cc1ccc(NCC(=O)NNC(=O)c2cccc(S(=O)(=O)N(C)C)c2)c(C)c1. The molecule has 3 N–H and O–H groups in total. The minimum atomic E-state index is -3.65. The van der Waals surface area contributed by atoms with E-state index in [1.54, 1.807) is 0 Å². The molecule has 0 radical (unpaired) electrons. The van der Waals surface area contributed by atoms with Gasteiger partial charge in [0.25, 0.3) is 11.8 Å². The number of nitrogens with zero attached hydrogens (tertiary/aromatic N) is 1. The van der Waals surface area contributed by atoms with Crippen LogP contribution in [0.15, 0.2) is 47.4 Å². The summed E-state index contributed by atoms with van der Waals surface area (Å²) in [4.78, 5) is 24.2. The normalized spacial score (nSPS) is 11.2. The molecule has 0 heterocycles. The first-order valence-electron chi connectivity index (χ1n) is 8.54. The number of carbonyl (C=O) groups excluding carboxylic acids is 2. The monoisotopic (exact) mass is 404 g/mol. The number of amides is 2. The molecule has 2 amide bonds. The van der Waals surface area contributed by atoms with E-state index in [0.29, 0.717) is 0 Å². The summed E-state index contributed by atoms with van der Waals surface area (Å²) in [7, 11) is -0.839. The first-order valence-corrected chi connectivity index (χ1v) is 9.98. The third-order valence-corrected chi connectivity index (χ3v) is 5.82. The van der Waals surface area contributed by atoms with Gasteiger partial charge < -0.3 is 5.32 Å². The molecule has 0 bridgehead atoms. The minimum Gasteiger partial charge on any atom is -0.376 e. The van der Waals surface area contributed by atoms with Gasteiger partial charge in [-0.2, -0.15) is 0 Å². The summed E-state index contributed by atoms with van der Waals surface area (Å²) in [6.45, 7) is 3.89. The Kier molecular flexibility index (Phi) is 6.76. The zero-order chi connectivity index (χ0) is 20.9. The fourth-order valence-electron chi connectivity index (χ4n) is 2.44. The van der Waals surface area contributed by atoms with Gasteiger partial charge in [0, 0.05) is 25.3 Å². The van der Waals surface area contributed by atoms with E-state index in [1.807, 2.05) is 32.0 Å². The van der Waals surface area contributed by atoms with Gasteiger partial charge in [-0.05, 0) is 43.7 Å². The number of nitrogens with one attached hydrogen (secondary N) is 3. The minimum absolute atomic E-state index is 0.00649. The van der Waals surface area contributed by atoms with Gasteiger partial charge in [0.05, 0.1) is 11.4 Å². The second-order valence-electron chi connectivity index (χ2n) is 6.49. The van der Waals surface area contributed by atoms with Gasteiger partial charge in [-0.25, -0.2) is 12.7 Å². The molecule has 2 aromatic carbocycles. The molecule has 0 saturated heterocycles. The maximum atomic E-state index is 12.2. The number of hydrogen-bond acceptors (Lipinski definition) is 5. The maximum Gasteiger partial charge on any atom is 0.269 e. The van der Waals surface area contributed by atoms with Gasteiger partial charge in [0.1, 0.15) is 0 Å². The lowest BCUT2D eigenvalue weighted by Gasteiger charge is -2.13. The molecular formula is C19H24N4O4S. The van der Waals surface area contributed by atoms with Gasteiger partial charge in [-0.15, -0.1) is 0 Å². The highest BCUT2D eigenvalue weighted by Gasteiger charge is 2.18. The molecule has 0 spiro atoms. The van der Waals surface area contributed by atoms with Crippen LogP contribution in [0.2, 0.25) is 0 Å². The van der Waals surface area contributed by atoms with Gasteiger partial charge in [0.15, 0.2) is 0 Å². The van der Waals surface area contributed by atoms with Crippen LogP contribution < -0.4 is 16.2 Å². The van der Waals surface area contributed by atoms with Gasteiger partial charge in [-0.3, -0.25) is 20.4 Å². The van der Waals surface area contributed by atoms with Crippen molar-refractivity contribution >= 4 is 27.5 Å². The fraction of sp³-hybridized carbons (Fsp3) is 0.263. The molecule has 2 rings (SSSR count). The van der Waals surface area contributed by atoms with Gasteiger partial charge in [-0.1, -0.05) is 23.8 Å². The van der Waals surface area contributed by atoms with Crippen LogP contribution >= 0.6 is 0 Å². The number of rotatable bonds is 6. The van der Waals surface area contributed by atoms with Crippen molar-refractivity contribution in [3.63, 3.8) is 0 Å². The van der Waals surface area contributed by atoms with E-state index in [4.69, 9.17) is 0 Å². The van der Waals surface area contributed by atoms with Crippen LogP contribution in [0.25, 0.3) is 0 Å². The third kappa shape index (κ3) is 5.30. The Morgan fingerprint density at radius 2 is 1.71 bits per heavy atom. The molecule has 0 aliphatic carbocycles. The summed E-state index contributed by atoms with van der Waals surface area (Å²) in [5.41, 5.74) is 7.66. The largest absolute Gasteiger partial charge is 0.376 e. The molecular weight excluding hydrogens is 380 g/mol. The number of hydrazine groups is 1. The van der Waals surface area contributed by atoms with E-state index in [0.717, 1.165) is 21.1 Å². The van der Waals surface area contributed by atoms with Crippen LogP contribution in [-0.4, -0.2) is 45.2 Å². The molecule has 28 heavy (non-hydrogen) atoms. The molecule has 0 fully saturated rings. The zero-order valence-electron chi connectivity index (χ0n) is 16.2. The first kappa shape index (κ1) is 21.4. The Labute approximate surface area is 165 Å². The quantitative estimate of drug-likeness (QED) is 0.632. The fourth-order valence-corrected chi connectivity index (χ4v) is 3.39. The Morgan fingerprint density at radius 3 is 2.36 bits per heavy atom. The lowest BCUT2D eigenvalue weighted by atomic mass is 10.1. The molecule has 0 aliphatic heterocycles. The summed E-state index contributed by atoms with van der Waals surface area (Å²) < 4.78 is 25.4. The lowest BCUT2D eigenvalue weighted by Crippen LogP contribution is -2.44. The number of hydrogen-bond donors (Lipinski definition) is 3. The average Bonchev–Trinajstić information content (AvgIpc) is 2.65. The number of carbonyl (C=O) groups is 2. The van der Waals surface area contributed by atoms with Crippen molar-refractivity contribution < 1.29 is 18.0 Å². The van der Waals surface area contributed by atoms with Crippen molar-refractivity contribution in [2.24, 2.45) is 0 Å². The van der Waals surface area contributed by atoms with Crippen LogP contribution in [0, 0.1) is 13.8 Å². The summed E-state index contributed by atoms with van der Waals surface area (Å²) in [5, 5.41) is 3.00. The van der Waals surface area contributed by atoms with Crippen LogP contribution in [0.3, 0.4) is 0 Å². The summed E-state index contributed by atoms with van der Waals surface area (Å²) >= 11 is 0. The average molecular weight is 404 g/mol. The van der Waals surface area contributed by atoms with E-state index in [9.17, 15) is 18.0 Å². The molecule has 0 saturated carbocycles. The van der Waals surface area contributed by atoms with Crippen molar-refractivity contribution in [1.29, 1.82) is 0 Å². The third-order valence-electron chi connectivity index (χ3n) is 4.01. The highest BCUT2D eigenvalue weighted by molar-refractivity contribution is 7.89. The van der Waals surface area contributed by atoms with Crippen LogP contribution in [0.1, 0.15) is 21.5 Å². The van der Waals surface area contributed by atoms with E-state index < -0.39 is 21.8 Å². The molecule has 8 nitrogen and oxygen atoms in total. The summed E-state index contributed by atoms with van der Waals surface area (Å²) in [6.07, 6.45) is 0. The van der Waals surface area contributed by atoms with Crippen molar-refractivity contribution in [2.75, 3.05) is 26.0 Å². The number of aryl methyl sites for hydroxylation is 2. The smallest absolute Gasteiger partial charge is 0.269 e. The molecule has 9 heteroatoms. The molecule has 2 aromatic rings. The maximum absolute atomic E-state index is 12.2. The van der Waals surface area contributed by atoms with E-state index in [2.05, 4.69) is 16.2 Å². The van der Waals surface area contributed by atoms with Gasteiger partial charge in [0.2, 0.25) is 10.0 Å². The second kappa shape index (κ2) is 8.85. The summed E-state index contributed by atoms with van der Waals surface area (Å²) in [6, 6.07) is 11.4. The Balaban J connectivity index is 1.94. The van der Waals surface area contributed by atoms with E-state index in [-0.39, 0.29) is 17.0 Å². The first-order chi connectivity index (χ1) is 13.1. The predicted octanol–water partition coefficient (Wildman–Crippen LogP) is 1.43. The highest BCUT2D eigenvalue weighted by atomic mass is 32.2. The predicted molar refractivity (Wildman–Crippen MR) is 107 cm³/mol. The topological polar surface area (TPSA) is 108 Å². The molecule has 0 aliphatic rings. The summed E-state index contributed by atoms with van der Waals surface area (Å²) in [5.74, 6) is -1.05. The number of sulfonamides is 1. The standard InChI is InChI=1S/C19H24N4O4S/c1-13-8-9-17(14(2)10-13)20-12-18(24)21-22-19(25)15-6-5-7-16(11-15)28(26,27)23(3)4/h5-11,20H,12H2,1-4H3,(H,21,24)(H,22,25). The second-order valence-corrected chi connectivity index (χ2v) is 8.64. The van der Waals surface area contributed by atoms with Gasteiger partial charge >= 0.3 is 0 Å². The lowest BCUT2D eigenvalue weighted by molar-refractivity contribution is -0.120.